The number of hydrogen-bond donors (Lipinski definition) is 0. The van der Waals surface area contributed by atoms with Gasteiger partial charge in [0, 0.05) is 32.1 Å². The molecule has 0 unspecified atom stereocenters. The summed E-state index contributed by atoms with van der Waals surface area (Å²) in [4.78, 5) is 14.5. The van der Waals surface area contributed by atoms with Crippen LogP contribution in [-0.4, -0.2) is 49.7 Å². The number of nitrogens with zero attached hydrogens (tertiary/aromatic N) is 2. The predicted molar refractivity (Wildman–Crippen MR) is 83.7 cm³/mol. The Morgan fingerprint density at radius 2 is 1.68 bits per heavy atom. The molecule has 6 heteroatoms. The van der Waals surface area contributed by atoms with Gasteiger partial charge in [0.2, 0.25) is 15.9 Å². The van der Waals surface area contributed by atoms with Gasteiger partial charge in [-0.3, -0.25) is 4.79 Å². The molecular weight excluding hydrogens is 300 g/mol. The van der Waals surface area contributed by atoms with E-state index in [0.717, 1.165) is 19.3 Å². The minimum Gasteiger partial charge on any atom is -0.341 e. The molecule has 2 aliphatic rings. The molecule has 1 aliphatic carbocycles. The quantitative estimate of drug-likeness (QED) is 0.851. The normalized spacial score (nSPS) is 21.2. The van der Waals surface area contributed by atoms with E-state index in [2.05, 4.69) is 0 Å². The molecule has 1 aromatic rings. The summed E-state index contributed by atoms with van der Waals surface area (Å²) in [6.45, 7) is 2.03. The minimum atomic E-state index is -3.45. The monoisotopic (exact) mass is 322 g/mol. The first-order valence-electron chi connectivity index (χ1n) is 7.93. The van der Waals surface area contributed by atoms with Gasteiger partial charge in [0.05, 0.1) is 4.90 Å². The van der Waals surface area contributed by atoms with Gasteiger partial charge in [0.25, 0.3) is 0 Å². The first kappa shape index (κ1) is 15.5. The maximum absolute atomic E-state index is 12.6. The summed E-state index contributed by atoms with van der Waals surface area (Å²) in [7, 11) is -3.45. The fourth-order valence-corrected chi connectivity index (χ4v) is 4.50. The van der Waals surface area contributed by atoms with Gasteiger partial charge >= 0.3 is 0 Å². The van der Waals surface area contributed by atoms with E-state index in [1.165, 1.54) is 4.31 Å². The fraction of sp³-hybridized carbons (Fsp3) is 0.562. The average Bonchev–Trinajstić information content (AvgIpc) is 2.72. The molecule has 0 spiro atoms. The van der Waals surface area contributed by atoms with Gasteiger partial charge in [-0.15, -0.1) is 0 Å². The van der Waals surface area contributed by atoms with Crippen LogP contribution in [0.3, 0.4) is 0 Å². The highest BCUT2D eigenvalue weighted by Gasteiger charge is 2.32. The standard InChI is InChI=1S/C16H22N2O3S/c19-16(14-6-4-7-14)17-10-5-11-18(13-12-17)22(20,21)15-8-2-1-3-9-15/h1-3,8-9,14H,4-7,10-13H2. The van der Waals surface area contributed by atoms with Gasteiger partial charge in [0.1, 0.15) is 0 Å². The number of benzene rings is 1. The molecule has 1 saturated heterocycles. The summed E-state index contributed by atoms with van der Waals surface area (Å²) in [6.07, 6.45) is 3.81. The van der Waals surface area contributed by atoms with Crippen LogP contribution in [0.1, 0.15) is 25.7 Å². The summed E-state index contributed by atoms with van der Waals surface area (Å²) in [5.41, 5.74) is 0. The predicted octanol–water partition coefficient (Wildman–Crippen LogP) is 1.71. The Hall–Kier alpha value is -1.40. The molecule has 1 aliphatic heterocycles. The molecule has 1 heterocycles. The van der Waals surface area contributed by atoms with E-state index in [1.54, 1.807) is 30.3 Å². The van der Waals surface area contributed by atoms with Crippen molar-refractivity contribution >= 4 is 15.9 Å². The second kappa shape index (κ2) is 6.38. The second-order valence-corrected chi connectivity index (χ2v) is 7.96. The first-order chi connectivity index (χ1) is 10.6. The molecule has 120 valence electrons. The largest absolute Gasteiger partial charge is 0.341 e. The fourth-order valence-electron chi connectivity index (χ4n) is 3.01. The summed E-state index contributed by atoms with van der Waals surface area (Å²) in [5, 5.41) is 0. The molecule has 3 rings (SSSR count). The zero-order chi connectivity index (χ0) is 15.6. The van der Waals surface area contributed by atoms with Crippen molar-refractivity contribution in [2.24, 2.45) is 5.92 Å². The van der Waals surface area contributed by atoms with Crippen LogP contribution in [0.25, 0.3) is 0 Å². The third kappa shape index (κ3) is 3.03. The van der Waals surface area contributed by atoms with E-state index >= 15 is 0 Å². The van der Waals surface area contributed by atoms with Crippen LogP contribution < -0.4 is 0 Å². The number of hydrogen-bond acceptors (Lipinski definition) is 3. The van der Waals surface area contributed by atoms with Crippen molar-refractivity contribution in [3.05, 3.63) is 30.3 Å². The third-order valence-corrected chi connectivity index (χ3v) is 6.51. The number of carbonyl (C=O) groups excluding carboxylic acids is 1. The molecule has 0 aromatic heterocycles. The van der Waals surface area contributed by atoms with Gasteiger partial charge in [-0.05, 0) is 31.4 Å². The SMILES string of the molecule is O=C(C1CCC1)N1CCCN(S(=O)(=O)c2ccccc2)CC1. The molecule has 0 N–H and O–H groups in total. The summed E-state index contributed by atoms with van der Waals surface area (Å²) >= 11 is 0. The smallest absolute Gasteiger partial charge is 0.243 e. The van der Waals surface area contributed by atoms with Crippen LogP contribution in [0.15, 0.2) is 35.2 Å². The van der Waals surface area contributed by atoms with E-state index in [0.29, 0.717) is 37.5 Å². The van der Waals surface area contributed by atoms with Crippen molar-refractivity contribution in [3.8, 4) is 0 Å². The van der Waals surface area contributed by atoms with Crippen molar-refractivity contribution < 1.29 is 13.2 Å². The number of carbonyl (C=O) groups is 1. The molecule has 0 radical (unpaired) electrons. The molecule has 0 bridgehead atoms. The van der Waals surface area contributed by atoms with Crippen LogP contribution in [0, 0.1) is 5.92 Å². The lowest BCUT2D eigenvalue weighted by atomic mass is 9.84. The number of rotatable bonds is 3. The molecule has 1 amide bonds. The minimum absolute atomic E-state index is 0.178. The van der Waals surface area contributed by atoms with Crippen molar-refractivity contribution in [1.29, 1.82) is 0 Å². The van der Waals surface area contributed by atoms with Crippen LogP contribution in [0.4, 0.5) is 0 Å². The first-order valence-corrected chi connectivity index (χ1v) is 9.37. The van der Waals surface area contributed by atoms with E-state index in [-0.39, 0.29) is 11.8 Å². The Morgan fingerprint density at radius 3 is 2.32 bits per heavy atom. The summed E-state index contributed by atoms with van der Waals surface area (Å²) < 4.78 is 26.8. The van der Waals surface area contributed by atoms with Crippen molar-refractivity contribution in [3.63, 3.8) is 0 Å². The highest BCUT2D eigenvalue weighted by Crippen LogP contribution is 2.29. The Kier molecular flexibility index (Phi) is 4.49. The molecule has 5 nitrogen and oxygen atoms in total. The lowest BCUT2D eigenvalue weighted by Crippen LogP contribution is -2.41. The Balaban J connectivity index is 1.68. The molecule has 0 atom stereocenters. The van der Waals surface area contributed by atoms with E-state index < -0.39 is 10.0 Å². The lowest BCUT2D eigenvalue weighted by Gasteiger charge is -2.31. The maximum Gasteiger partial charge on any atom is 0.243 e. The van der Waals surface area contributed by atoms with E-state index in [1.807, 2.05) is 4.90 Å². The van der Waals surface area contributed by atoms with E-state index in [9.17, 15) is 13.2 Å². The van der Waals surface area contributed by atoms with Crippen LogP contribution in [0.2, 0.25) is 0 Å². The van der Waals surface area contributed by atoms with Crippen molar-refractivity contribution in [2.45, 2.75) is 30.6 Å². The van der Waals surface area contributed by atoms with Crippen molar-refractivity contribution in [1.82, 2.24) is 9.21 Å². The van der Waals surface area contributed by atoms with Crippen LogP contribution in [-0.2, 0) is 14.8 Å². The molecule has 1 aromatic carbocycles. The Labute approximate surface area is 132 Å². The average molecular weight is 322 g/mol. The van der Waals surface area contributed by atoms with Gasteiger partial charge in [0.15, 0.2) is 0 Å². The summed E-state index contributed by atoms with van der Waals surface area (Å²) in [5.74, 6) is 0.391. The third-order valence-electron chi connectivity index (χ3n) is 4.60. The highest BCUT2D eigenvalue weighted by molar-refractivity contribution is 7.89. The molecule has 1 saturated carbocycles. The second-order valence-electron chi connectivity index (χ2n) is 6.02. The Bertz CT molecular complexity index is 626. The zero-order valence-electron chi connectivity index (χ0n) is 12.6. The van der Waals surface area contributed by atoms with Gasteiger partial charge in [-0.2, -0.15) is 4.31 Å². The lowest BCUT2D eigenvalue weighted by molar-refractivity contribution is -0.138. The van der Waals surface area contributed by atoms with Crippen LogP contribution in [0.5, 0.6) is 0 Å². The Morgan fingerprint density at radius 1 is 0.955 bits per heavy atom. The number of amides is 1. The van der Waals surface area contributed by atoms with Crippen LogP contribution >= 0.6 is 0 Å². The molecular formula is C16H22N2O3S. The maximum atomic E-state index is 12.6. The number of sulfonamides is 1. The van der Waals surface area contributed by atoms with Crippen molar-refractivity contribution in [2.75, 3.05) is 26.2 Å². The summed E-state index contributed by atoms with van der Waals surface area (Å²) in [6, 6.07) is 8.52. The van der Waals surface area contributed by atoms with Gasteiger partial charge in [-0.1, -0.05) is 24.6 Å². The van der Waals surface area contributed by atoms with Gasteiger partial charge in [-0.25, -0.2) is 8.42 Å². The van der Waals surface area contributed by atoms with Gasteiger partial charge < -0.3 is 4.90 Å². The van der Waals surface area contributed by atoms with E-state index in [4.69, 9.17) is 0 Å². The zero-order valence-corrected chi connectivity index (χ0v) is 13.5. The topological polar surface area (TPSA) is 57.7 Å². The molecule has 22 heavy (non-hydrogen) atoms. The highest BCUT2D eigenvalue weighted by atomic mass is 32.2. The molecule has 2 fully saturated rings.